The second-order valence-corrected chi connectivity index (χ2v) is 4.28. The van der Waals surface area contributed by atoms with E-state index in [9.17, 15) is 9.59 Å². The lowest BCUT2D eigenvalue weighted by molar-refractivity contribution is -0.140. The molecular formula is C15H21NO5. The maximum absolute atomic E-state index is 11.9. The number of hydrogen-bond donors (Lipinski definition) is 2. The summed E-state index contributed by atoms with van der Waals surface area (Å²) >= 11 is 0. The van der Waals surface area contributed by atoms with Crippen LogP contribution in [0.3, 0.4) is 0 Å². The summed E-state index contributed by atoms with van der Waals surface area (Å²) in [5.41, 5.74) is 0.616. The summed E-state index contributed by atoms with van der Waals surface area (Å²) in [5.74, 6) is -1.31. The van der Waals surface area contributed by atoms with E-state index in [2.05, 4.69) is 5.32 Å². The fourth-order valence-corrected chi connectivity index (χ4v) is 1.85. The average molecular weight is 295 g/mol. The Labute approximate surface area is 124 Å². The Morgan fingerprint density at radius 2 is 1.81 bits per heavy atom. The van der Waals surface area contributed by atoms with Crippen molar-refractivity contribution in [2.45, 2.75) is 26.6 Å². The van der Waals surface area contributed by atoms with Crippen LogP contribution >= 0.6 is 0 Å². The van der Waals surface area contributed by atoms with Crippen molar-refractivity contribution in [3.05, 3.63) is 35.4 Å². The van der Waals surface area contributed by atoms with Crippen molar-refractivity contribution in [1.29, 1.82) is 0 Å². The number of amides is 1. The molecule has 0 atom stereocenters. The third-order valence-electron chi connectivity index (χ3n) is 2.77. The first-order valence-corrected chi connectivity index (χ1v) is 6.89. The summed E-state index contributed by atoms with van der Waals surface area (Å²) in [4.78, 5) is 23.0. The lowest BCUT2D eigenvalue weighted by Crippen LogP contribution is -2.36. The first kappa shape index (κ1) is 17.1. The van der Waals surface area contributed by atoms with E-state index < -0.39 is 12.3 Å². The highest BCUT2D eigenvalue weighted by Gasteiger charge is 2.14. The van der Waals surface area contributed by atoms with Crippen molar-refractivity contribution in [2.24, 2.45) is 0 Å². The van der Waals surface area contributed by atoms with Gasteiger partial charge < -0.3 is 19.9 Å². The predicted octanol–water partition coefficient (Wildman–Crippen LogP) is 1.44. The maximum Gasteiger partial charge on any atom is 0.335 e. The molecule has 116 valence electrons. The number of carbonyl (C=O) groups is 2. The third kappa shape index (κ3) is 5.93. The molecule has 0 aliphatic heterocycles. The van der Waals surface area contributed by atoms with Crippen molar-refractivity contribution in [3.8, 4) is 0 Å². The number of benzene rings is 1. The van der Waals surface area contributed by atoms with Gasteiger partial charge in [0.05, 0.1) is 18.5 Å². The van der Waals surface area contributed by atoms with Gasteiger partial charge in [-0.05, 0) is 25.5 Å². The number of nitrogens with one attached hydrogen (secondary N) is 1. The van der Waals surface area contributed by atoms with Gasteiger partial charge >= 0.3 is 5.97 Å². The van der Waals surface area contributed by atoms with Gasteiger partial charge in [0.2, 0.25) is 5.91 Å². The van der Waals surface area contributed by atoms with E-state index in [1.165, 1.54) is 6.07 Å². The molecule has 6 heteroatoms. The topological polar surface area (TPSA) is 84.9 Å². The Bertz CT molecular complexity index is 469. The van der Waals surface area contributed by atoms with Crippen LogP contribution in [0.15, 0.2) is 24.3 Å². The molecule has 1 aromatic rings. The molecule has 1 aromatic carbocycles. The van der Waals surface area contributed by atoms with Gasteiger partial charge in [0.15, 0.2) is 6.29 Å². The molecule has 0 fully saturated rings. The highest BCUT2D eigenvalue weighted by molar-refractivity contribution is 5.91. The zero-order valence-corrected chi connectivity index (χ0v) is 12.3. The average Bonchev–Trinajstić information content (AvgIpc) is 2.45. The fourth-order valence-electron chi connectivity index (χ4n) is 1.85. The SMILES string of the molecule is CCOC(CNC(=O)Cc1ccccc1C(=O)O)OCC. The zero-order valence-electron chi connectivity index (χ0n) is 12.3. The van der Waals surface area contributed by atoms with Gasteiger partial charge in [-0.15, -0.1) is 0 Å². The minimum absolute atomic E-state index is 0.00738. The van der Waals surface area contributed by atoms with E-state index in [1.54, 1.807) is 18.2 Å². The molecule has 1 amide bonds. The summed E-state index contributed by atoms with van der Waals surface area (Å²) in [6.45, 7) is 4.90. The molecule has 0 saturated heterocycles. The zero-order chi connectivity index (χ0) is 15.7. The lowest BCUT2D eigenvalue weighted by atomic mass is 10.0. The molecule has 0 heterocycles. The van der Waals surface area contributed by atoms with Crippen LogP contribution in [0.5, 0.6) is 0 Å². The number of rotatable bonds is 9. The first-order valence-electron chi connectivity index (χ1n) is 6.89. The Morgan fingerprint density at radius 1 is 1.19 bits per heavy atom. The molecule has 0 spiro atoms. The molecule has 0 aromatic heterocycles. The Morgan fingerprint density at radius 3 is 2.38 bits per heavy atom. The number of aromatic carboxylic acids is 1. The smallest absolute Gasteiger partial charge is 0.335 e. The predicted molar refractivity (Wildman–Crippen MR) is 77.2 cm³/mol. The summed E-state index contributed by atoms with van der Waals surface area (Å²) < 4.78 is 10.6. The minimum atomic E-state index is -1.04. The van der Waals surface area contributed by atoms with Crippen molar-refractivity contribution < 1.29 is 24.2 Å². The second kappa shape index (κ2) is 9.10. The number of carboxylic acids is 1. The summed E-state index contributed by atoms with van der Waals surface area (Å²) in [5, 5.41) is 11.8. The normalized spacial score (nSPS) is 10.6. The van der Waals surface area contributed by atoms with Crippen LogP contribution in [-0.4, -0.2) is 43.0 Å². The molecule has 0 saturated carbocycles. The van der Waals surface area contributed by atoms with Gasteiger partial charge in [0, 0.05) is 13.2 Å². The number of ether oxygens (including phenoxy) is 2. The van der Waals surface area contributed by atoms with Gasteiger partial charge in [-0.2, -0.15) is 0 Å². The van der Waals surface area contributed by atoms with E-state index in [0.29, 0.717) is 18.8 Å². The minimum Gasteiger partial charge on any atom is -0.478 e. The van der Waals surface area contributed by atoms with Crippen LogP contribution in [0.1, 0.15) is 29.8 Å². The van der Waals surface area contributed by atoms with Gasteiger partial charge in [0.25, 0.3) is 0 Å². The Kier molecular flexibility index (Phi) is 7.42. The largest absolute Gasteiger partial charge is 0.478 e. The molecule has 6 nitrogen and oxygen atoms in total. The van der Waals surface area contributed by atoms with Crippen LogP contribution in [0.4, 0.5) is 0 Å². The van der Waals surface area contributed by atoms with E-state index in [-0.39, 0.29) is 24.4 Å². The highest BCUT2D eigenvalue weighted by Crippen LogP contribution is 2.09. The first-order chi connectivity index (χ1) is 10.1. The van der Waals surface area contributed by atoms with Crippen molar-refractivity contribution >= 4 is 11.9 Å². The van der Waals surface area contributed by atoms with Crippen molar-refractivity contribution in [2.75, 3.05) is 19.8 Å². The van der Waals surface area contributed by atoms with Gasteiger partial charge in [-0.3, -0.25) is 4.79 Å². The van der Waals surface area contributed by atoms with E-state index >= 15 is 0 Å². The van der Waals surface area contributed by atoms with E-state index in [0.717, 1.165) is 0 Å². The maximum atomic E-state index is 11.9. The Hall–Kier alpha value is -1.92. The molecule has 1 rings (SSSR count). The monoisotopic (exact) mass is 295 g/mol. The van der Waals surface area contributed by atoms with Gasteiger partial charge in [0.1, 0.15) is 0 Å². The molecular weight excluding hydrogens is 274 g/mol. The van der Waals surface area contributed by atoms with Crippen molar-refractivity contribution in [3.63, 3.8) is 0 Å². The van der Waals surface area contributed by atoms with Crippen molar-refractivity contribution in [1.82, 2.24) is 5.32 Å². The summed E-state index contributed by atoms with van der Waals surface area (Å²) in [7, 11) is 0. The molecule has 21 heavy (non-hydrogen) atoms. The third-order valence-corrected chi connectivity index (χ3v) is 2.77. The number of carbonyl (C=O) groups excluding carboxylic acids is 1. The number of carboxylic acid groups (broad SMARTS) is 1. The summed E-state index contributed by atoms with van der Waals surface area (Å²) in [6.07, 6.45) is -0.480. The van der Waals surface area contributed by atoms with Crippen LogP contribution in [0.25, 0.3) is 0 Å². The van der Waals surface area contributed by atoms with E-state index in [4.69, 9.17) is 14.6 Å². The van der Waals surface area contributed by atoms with Crippen LogP contribution in [0.2, 0.25) is 0 Å². The fraction of sp³-hybridized carbons (Fsp3) is 0.467. The molecule has 0 aliphatic carbocycles. The van der Waals surface area contributed by atoms with Crippen LogP contribution in [0, 0.1) is 0 Å². The Balaban J connectivity index is 2.55. The van der Waals surface area contributed by atoms with E-state index in [1.807, 2.05) is 13.8 Å². The number of hydrogen-bond acceptors (Lipinski definition) is 4. The van der Waals surface area contributed by atoms with Gasteiger partial charge in [-0.1, -0.05) is 18.2 Å². The highest BCUT2D eigenvalue weighted by atomic mass is 16.7. The molecule has 0 radical (unpaired) electrons. The van der Waals surface area contributed by atoms with Crippen LogP contribution < -0.4 is 5.32 Å². The molecule has 2 N–H and O–H groups in total. The second-order valence-electron chi connectivity index (χ2n) is 4.28. The van der Waals surface area contributed by atoms with Gasteiger partial charge in [-0.25, -0.2) is 4.79 Å². The quantitative estimate of drug-likeness (QED) is 0.673. The molecule has 0 aliphatic rings. The molecule has 0 unspecified atom stereocenters. The summed E-state index contributed by atoms with van der Waals surface area (Å²) in [6, 6.07) is 6.45. The van der Waals surface area contributed by atoms with Crippen LogP contribution in [-0.2, 0) is 20.7 Å². The molecule has 0 bridgehead atoms. The lowest BCUT2D eigenvalue weighted by Gasteiger charge is -2.17. The standard InChI is InChI=1S/C15H21NO5/c1-3-20-14(21-4-2)10-16-13(17)9-11-7-5-6-8-12(11)15(18)19/h5-8,14H,3-4,9-10H2,1-2H3,(H,16,17)(H,18,19).